The fourth-order valence-corrected chi connectivity index (χ4v) is 1.36. The summed E-state index contributed by atoms with van der Waals surface area (Å²) in [6.45, 7) is 1.43. The molecular weight excluding hydrogens is 186 g/mol. The topological polar surface area (TPSA) is 32.3 Å². The van der Waals surface area contributed by atoms with E-state index in [1.807, 2.05) is 0 Å². The summed E-state index contributed by atoms with van der Waals surface area (Å²) in [5.74, 6) is 0.298. The van der Waals surface area contributed by atoms with Gasteiger partial charge in [-0.05, 0) is 12.8 Å². The van der Waals surface area contributed by atoms with Crippen molar-refractivity contribution < 1.29 is 5.11 Å². The molecule has 0 radical (unpaired) electrons. The monoisotopic (exact) mass is 201 g/mol. The number of nitrogens with one attached hydrogen (secondary N) is 1. The zero-order valence-corrected chi connectivity index (χ0v) is 8.43. The SMILES string of the molecule is O[C@H](CCl)CNCC1=CC=CCC1. The van der Waals surface area contributed by atoms with Gasteiger partial charge < -0.3 is 10.4 Å². The summed E-state index contributed by atoms with van der Waals surface area (Å²) in [6.07, 6.45) is 8.20. The molecule has 2 N–H and O–H groups in total. The third-order valence-electron chi connectivity index (χ3n) is 2.01. The van der Waals surface area contributed by atoms with Crippen LogP contribution in [-0.2, 0) is 0 Å². The van der Waals surface area contributed by atoms with Crippen LogP contribution in [0, 0.1) is 0 Å². The highest BCUT2D eigenvalue weighted by Crippen LogP contribution is 2.09. The molecule has 0 amide bonds. The van der Waals surface area contributed by atoms with Crippen LogP contribution in [0.2, 0.25) is 0 Å². The smallest absolute Gasteiger partial charge is 0.0799 e. The quantitative estimate of drug-likeness (QED) is 0.660. The van der Waals surface area contributed by atoms with Crippen LogP contribution in [0.1, 0.15) is 12.8 Å². The highest BCUT2D eigenvalue weighted by atomic mass is 35.5. The lowest BCUT2D eigenvalue weighted by atomic mass is 10.1. The first-order valence-electron chi connectivity index (χ1n) is 4.62. The molecule has 0 bridgehead atoms. The Morgan fingerprint density at radius 2 is 2.46 bits per heavy atom. The molecule has 1 rings (SSSR count). The van der Waals surface area contributed by atoms with Gasteiger partial charge in [-0.3, -0.25) is 0 Å². The Morgan fingerprint density at radius 3 is 3.08 bits per heavy atom. The van der Waals surface area contributed by atoms with E-state index in [1.54, 1.807) is 0 Å². The van der Waals surface area contributed by atoms with Gasteiger partial charge in [-0.25, -0.2) is 0 Å². The summed E-state index contributed by atoms with van der Waals surface area (Å²) in [5.41, 5.74) is 1.39. The van der Waals surface area contributed by atoms with Crippen molar-refractivity contribution in [2.75, 3.05) is 19.0 Å². The fraction of sp³-hybridized carbons (Fsp3) is 0.600. The van der Waals surface area contributed by atoms with Crippen molar-refractivity contribution in [1.29, 1.82) is 0 Å². The molecule has 1 atom stereocenters. The number of aliphatic hydroxyl groups is 1. The van der Waals surface area contributed by atoms with Crippen molar-refractivity contribution in [3.63, 3.8) is 0 Å². The van der Waals surface area contributed by atoms with Crippen molar-refractivity contribution >= 4 is 11.6 Å². The minimum Gasteiger partial charge on any atom is -0.391 e. The molecule has 0 saturated carbocycles. The van der Waals surface area contributed by atoms with Crippen LogP contribution in [0.25, 0.3) is 0 Å². The Morgan fingerprint density at radius 1 is 1.62 bits per heavy atom. The van der Waals surface area contributed by atoms with E-state index in [4.69, 9.17) is 16.7 Å². The number of aliphatic hydroxyl groups excluding tert-OH is 1. The van der Waals surface area contributed by atoms with E-state index < -0.39 is 6.10 Å². The largest absolute Gasteiger partial charge is 0.391 e. The van der Waals surface area contributed by atoms with Gasteiger partial charge in [-0.1, -0.05) is 23.8 Å². The van der Waals surface area contributed by atoms with Crippen LogP contribution in [0.3, 0.4) is 0 Å². The van der Waals surface area contributed by atoms with Crippen LogP contribution in [0.5, 0.6) is 0 Å². The summed E-state index contributed by atoms with van der Waals surface area (Å²) in [5, 5.41) is 12.3. The van der Waals surface area contributed by atoms with Crippen LogP contribution in [0.15, 0.2) is 23.8 Å². The number of hydrogen-bond donors (Lipinski definition) is 2. The molecule has 0 saturated heterocycles. The molecule has 0 aromatic rings. The van der Waals surface area contributed by atoms with E-state index in [0.29, 0.717) is 12.4 Å². The Balaban J connectivity index is 2.11. The lowest BCUT2D eigenvalue weighted by Crippen LogP contribution is -2.29. The van der Waals surface area contributed by atoms with Gasteiger partial charge in [0.2, 0.25) is 0 Å². The Kier molecular flexibility index (Phi) is 5.13. The maximum atomic E-state index is 9.16. The van der Waals surface area contributed by atoms with Crippen LogP contribution in [-0.4, -0.2) is 30.2 Å². The second-order valence-electron chi connectivity index (χ2n) is 3.23. The highest BCUT2D eigenvalue weighted by Gasteiger charge is 2.02. The molecule has 1 aliphatic carbocycles. The third kappa shape index (κ3) is 4.46. The number of rotatable bonds is 5. The first-order chi connectivity index (χ1) is 6.33. The summed E-state index contributed by atoms with van der Waals surface area (Å²) < 4.78 is 0. The molecule has 0 unspecified atom stereocenters. The van der Waals surface area contributed by atoms with Gasteiger partial charge in [-0.2, -0.15) is 0 Å². The van der Waals surface area contributed by atoms with Crippen molar-refractivity contribution in [1.82, 2.24) is 5.32 Å². The summed E-state index contributed by atoms with van der Waals surface area (Å²) >= 11 is 5.46. The maximum absolute atomic E-state index is 9.16. The number of alkyl halides is 1. The minimum atomic E-state index is -0.429. The predicted octanol–water partition coefficient (Wildman–Crippen LogP) is 1.45. The fourth-order valence-electron chi connectivity index (χ4n) is 1.25. The normalized spacial score (nSPS) is 18.5. The molecule has 0 fully saturated rings. The third-order valence-corrected chi connectivity index (χ3v) is 2.37. The summed E-state index contributed by atoms with van der Waals surface area (Å²) in [7, 11) is 0. The van der Waals surface area contributed by atoms with Crippen molar-refractivity contribution in [2.45, 2.75) is 18.9 Å². The van der Waals surface area contributed by atoms with Gasteiger partial charge in [0.25, 0.3) is 0 Å². The first kappa shape index (κ1) is 10.8. The van der Waals surface area contributed by atoms with Crippen LogP contribution >= 0.6 is 11.6 Å². The van der Waals surface area contributed by atoms with E-state index in [-0.39, 0.29) is 0 Å². The molecule has 0 heterocycles. The first-order valence-corrected chi connectivity index (χ1v) is 5.15. The van der Waals surface area contributed by atoms with E-state index >= 15 is 0 Å². The second-order valence-corrected chi connectivity index (χ2v) is 3.54. The zero-order chi connectivity index (χ0) is 9.52. The molecule has 0 spiro atoms. The molecule has 13 heavy (non-hydrogen) atoms. The molecule has 0 aromatic heterocycles. The predicted molar refractivity (Wildman–Crippen MR) is 56.1 cm³/mol. The van der Waals surface area contributed by atoms with Crippen molar-refractivity contribution in [3.8, 4) is 0 Å². The molecule has 1 aliphatic rings. The maximum Gasteiger partial charge on any atom is 0.0799 e. The minimum absolute atomic E-state index is 0.298. The van der Waals surface area contributed by atoms with Gasteiger partial charge in [0.1, 0.15) is 0 Å². The lowest BCUT2D eigenvalue weighted by Gasteiger charge is -2.12. The number of allylic oxidation sites excluding steroid dienone is 3. The molecule has 0 aliphatic heterocycles. The van der Waals surface area contributed by atoms with Crippen molar-refractivity contribution in [3.05, 3.63) is 23.8 Å². The van der Waals surface area contributed by atoms with Gasteiger partial charge in [0.05, 0.1) is 6.10 Å². The second kappa shape index (κ2) is 6.19. The molecule has 74 valence electrons. The van der Waals surface area contributed by atoms with Gasteiger partial charge in [0.15, 0.2) is 0 Å². The van der Waals surface area contributed by atoms with E-state index in [2.05, 4.69) is 23.5 Å². The summed E-state index contributed by atoms with van der Waals surface area (Å²) in [4.78, 5) is 0. The highest BCUT2D eigenvalue weighted by molar-refractivity contribution is 6.18. The zero-order valence-electron chi connectivity index (χ0n) is 7.67. The number of halogens is 1. The molecular formula is C10H16ClNO. The van der Waals surface area contributed by atoms with Gasteiger partial charge >= 0.3 is 0 Å². The Hall–Kier alpha value is -0.310. The van der Waals surface area contributed by atoms with E-state index in [0.717, 1.165) is 19.4 Å². The number of hydrogen-bond acceptors (Lipinski definition) is 2. The average molecular weight is 202 g/mol. The van der Waals surface area contributed by atoms with E-state index in [1.165, 1.54) is 5.57 Å². The Bertz CT molecular complexity index is 201. The molecule has 2 nitrogen and oxygen atoms in total. The molecule has 3 heteroatoms. The van der Waals surface area contributed by atoms with Crippen LogP contribution in [0.4, 0.5) is 0 Å². The van der Waals surface area contributed by atoms with E-state index in [9.17, 15) is 0 Å². The lowest BCUT2D eigenvalue weighted by molar-refractivity contribution is 0.196. The van der Waals surface area contributed by atoms with Gasteiger partial charge in [-0.15, -0.1) is 11.6 Å². The summed E-state index contributed by atoms with van der Waals surface area (Å²) in [6, 6.07) is 0. The standard InChI is InChI=1S/C10H16ClNO/c11-6-10(13)8-12-7-9-4-2-1-3-5-9/h1-2,4,10,12-13H,3,5-8H2/t10-/m1/s1. The average Bonchev–Trinajstić information content (AvgIpc) is 2.19. The van der Waals surface area contributed by atoms with Gasteiger partial charge in [0, 0.05) is 19.0 Å². The Labute approximate surface area is 84.3 Å². The van der Waals surface area contributed by atoms with Crippen molar-refractivity contribution in [2.24, 2.45) is 0 Å². The van der Waals surface area contributed by atoms with Crippen LogP contribution < -0.4 is 5.32 Å². The molecule has 0 aromatic carbocycles.